The number of carbonyl (C=O) groups is 1. The molecule has 0 bridgehead atoms. The molecule has 0 saturated carbocycles. The Morgan fingerprint density at radius 1 is 1.36 bits per heavy atom. The lowest BCUT2D eigenvalue weighted by Gasteiger charge is -2.02. The number of carbonyl (C=O) groups excluding carboxylic acids is 1. The van der Waals surface area contributed by atoms with Crippen LogP contribution in [-0.2, 0) is 11.2 Å². The monoisotopic (exact) mass is 401 g/mol. The number of aromatic nitrogens is 4. The zero-order valence-corrected chi connectivity index (χ0v) is 16.6. The van der Waals surface area contributed by atoms with Crippen LogP contribution in [0.25, 0.3) is 0 Å². The Hall–Kier alpha value is -3.07. The van der Waals surface area contributed by atoms with Gasteiger partial charge in [0.15, 0.2) is 5.82 Å². The van der Waals surface area contributed by atoms with Crippen LogP contribution in [0.3, 0.4) is 0 Å². The van der Waals surface area contributed by atoms with Crippen molar-refractivity contribution < 1.29 is 13.9 Å². The molecule has 0 spiro atoms. The number of hydrogen-bond acceptors (Lipinski definition) is 5. The highest BCUT2D eigenvalue weighted by molar-refractivity contribution is 7.71. The van der Waals surface area contributed by atoms with Crippen molar-refractivity contribution in [1.82, 2.24) is 19.9 Å². The van der Waals surface area contributed by atoms with E-state index in [0.29, 0.717) is 40.6 Å². The van der Waals surface area contributed by atoms with Crippen LogP contribution in [0.4, 0.5) is 4.39 Å². The van der Waals surface area contributed by atoms with Crippen molar-refractivity contribution in [2.24, 2.45) is 5.10 Å². The molecule has 3 aromatic rings. The van der Waals surface area contributed by atoms with E-state index in [0.717, 1.165) is 11.1 Å². The van der Waals surface area contributed by atoms with Crippen molar-refractivity contribution >= 4 is 24.4 Å². The Morgan fingerprint density at radius 2 is 2.07 bits per heavy atom. The summed E-state index contributed by atoms with van der Waals surface area (Å²) < 4.78 is 20.0. The van der Waals surface area contributed by atoms with Gasteiger partial charge in [0.1, 0.15) is 5.82 Å². The molecule has 2 heterocycles. The van der Waals surface area contributed by atoms with Crippen LogP contribution >= 0.6 is 12.2 Å². The number of H-pyrrole nitrogens is 2. The summed E-state index contributed by atoms with van der Waals surface area (Å²) in [4.78, 5) is 15.3. The number of hydrogen-bond donors (Lipinski definition) is 2. The third kappa shape index (κ3) is 4.09. The first-order valence-electron chi connectivity index (χ1n) is 8.72. The van der Waals surface area contributed by atoms with Gasteiger partial charge in [0.25, 0.3) is 0 Å². The smallest absolute Gasteiger partial charge is 0.340 e. The number of rotatable bonds is 6. The van der Waals surface area contributed by atoms with Gasteiger partial charge in [0.2, 0.25) is 4.77 Å². The maximum Gasteiger partial charge on any atom is 0.340 e. The van der Waals surface area contributed by atoms with E-state index >= 15 is 0 Å². The second-order valence-electron chi connectivity index (χ2n) is 6.19. The molecule has 0 fully saturated rings. The largest absolute Gasteiger partial charge is 0.462 e. The normalized spacial score (nSPS) is 11.3. The Labute approximate surface area is 166 Å². The zero-order chi connectivity index (χ0) is 20.3. The number of benzene rings is 1. The minimum Gasteiger partial charge on any atom is -0.462 e. The van der Waals surface area contributed by atoms with Crippen LogP contribution in [0, 0.1) is 24.4 Å². The fraction of sp³-hybridized carbons (Fsp3) is 0.263. The standard InChI is InChI=1S/C19H20FN5O2S/c1-4-27-18(26)17-11(2)15(22-12(17)3)10-21-25-16(23-24-19(25)28)9-13-5-7-14(20)8-6-13/h5-8,10,22H,4,9H2,1-3H3,(H,24,28)/b21-10+. The SMILES string of the molecule is CCOC(=O)c1c(C)[nH]c(/C=N/n2c(Cc3ccc(F)cc3)n[nH]c2=S)c1C. The van der Waals surface area contributed by atoms with Gasteiger partial charge in [-0.05, 0) is 56.2 Å². The van der Waals surface area contributed by atoms with Gasteiger partial charge in [0.05, 0.1) is 24.1 Å². The topological polar surface area (TPSA) is 88.1 Å². The second kappa shape index (κ2) is 8.30. The summed E-state index contributed by atoms with van der Waals surface area (Å²) in [5, 5.41) is 11.3. The molecule has 0 radical (unpaired) electrons. The van der Waals surface area contributed by atoms with E-state index in [9.17, 15) is 9.18 Å². The predicted molar refractivity (Wildman–Crippen MR) is 106 cm³/mol. The van der Waals surface area contributed by atoms with E-state index in [1.54, 1.807) is 32.2 Å². The van der Waals surface area contributed by atoms with Crippen molar-refractivity contribution in [3.05, 3.63) is 68.8 Å². The molecule has 28 heavy (non-hydrogen) atoms. The first-order valence-corrected chi connectivity index (χ1v) is 9.13. The van der Waals surface area contributed by atoms with Gasteiger partial charge in [-0.1, -0.05) is 12.1 Å². The molecule has 0 aliphatic heterocycles. The molecule has 0 aliphatic carbocycles. The van der Waals surface area contributed by atoms with Crippen LogP contribution in [-0.4, -0.2) is 38.6 Å². The molecule has 9 heteroatoms. The Balaban J connectivity index is 1.88. The number of esters is 1. The first-order chi connectivity index (χ1) is 13.4. The summed E-state index contributed by atoms with van der Waals surface area (Å²) in [6.07, 6.45) is 2.02. The first kappa shape index (κ1) is 19.7. The number of nitrogens with zero attached hydrogens (tertiary/aromatic N) is 3. The predicted octanol–water partition coefficient (Wildman–Crippen LogP) is 3.67. The summed E-state index contributed by atoms with van der Waals surface area (Å²) in [7, 11) is 0. The summed E-state index contributed by atoms with van der Waals surface area (Å²) in [6.45, 7) is 5.70. The summed E-state index contributed by atoms with van der Waals surface area (Å²) >= 11 is 5.25. The van der Waals surface area contributed by atoms with E-state index < -0.39 is 0 Å². The highest BCUT2D eigenvalue weighted by atomic mass is 32.1. The van der Waals surface area contributed by atoms with Crippen LogP contribution in [0.15, 0.2) is 29.4 Å². The molecule has 0 aliphatic rings. The van der Waals surface area contributed by atoms with Crippen molar-refractivity contribution in [1.29, 1.82) is 0 Å². The number of halogens is 1. The Kier molecular flexibility index (Phi) is 5.84. The molecular weight excluding hydrogens is 381 g/mol. The number of aromatic amines is 2. The number of ether oxygens (including phenoxy) is 1. The molecule has 1 aromatic carbocycles. The summed E-state index contributed by atoms with van der Waals surface area (Å²) in [6, 6.07) is 6.16. The maximum absolute atomic E-state index is 13.1. The molecule has 0 unspecified atom stereocenters. The van der Waals surface area contributed by atoms with Gasteiger partial charge in [0, 0.05) is 12.1 Å². The van der Waals surface area contributed by atoms with Crippen LogP contribution in [0.5, 0.6) is 0 Å². The lowest BCUT2D eigenvalue weighted by Crippen LogP contribution is -2.06. The zero-order valence-electron chi connectivity index (χ0n) is 15.7. The van der Waals surface area contributed by atoms with E-state index in [4.69, 9.17) is 17.0 Å². The van der Waals surface area contributed by atoms with Gasteiger partial charge in [-0.15, -0.1) is 0 Å². The van der Waals surface area contributed by atoms with E-state index in [-0.39, 0.29) is 11.8 Å². The van der Waals surface area contributed by atoms with Gasteiger partial charge in [-0.25, -0.2) is 9.18 Å². The van der Waals surface area contributed by atoms with E-state index in [1.807, 2.05) is 6.92 Å². The highest BCUT2D eigenvalue weighted by Gasteiger charge is 2.18. The average Bonchev–Trinajstić information content (AvgIpc) is 3.14. The fourth-order valence-corrected chi connectivity index (χ4v) is 3.07. The quantitative estimate of drug-likeness (QED) is 0.375. The van der Waals surface area contributed by atoms with Crippen LogP contribution in [0.2, 0.25) is 0 Å². The highest BCUT2D eigenvalue weighted by Crippen LogP contribution is 2.18. The summed E-state index contributed by atoms with van der Waals surface area (Å²) in [5.74, 6) is -0.0830. The molecule has 146 valence electrons. The minimum atomic E-state index is -0.370. The molecule has 0 saturated heterocycles. The Bertz CT molecular complexity index is 1080. The number of aryl methyl sites for hydroxylation is 1. The minimum absolute atomic E-state index is 0.296. The van der Waals surface area contributed by atoms with Crippen molar-refractivity contribution in [3.8, 4) is 0 Å². The molecule has 2 N–H and O–H groups in total. The number of nitrogens with one attached hydrogen (secondary N) is 2. The molecule has 2 aromatic heterocycles. The fourth-order valence-electron chi connectivity index (χ4n) is 2.87. The lowest BCUT2D eigenvalue weighted by atomic mass is 10.1. The average molecular weight is 401 g/mol. The van der Waals surface area contributed by atoms with Crippen LogP contribution in [0.1, 0.15) is 45.6 Å². The van der Waals surface area contributed by atoms with Crippen molar-refractivity contribution in [2.75, 3.05) is 6.61 Å². The maximum atomic E-state index is 13.1. The molecule has 7 nitrogen and oxygen atoms in total. The second-order valence-corrected chi connectivity index (χ2v) is 6.58. The van der Waals surface area contributed by atoms with Crippen molar-refractivity contribution in [2.45, 2.75) is 27.2 Å². The van der Waals surface area contributed by atoms with Gasteiger partial charge >= 0.3 is 5.97 Å². The third-order valence-corrected chi connectivity index (χ3v) is 4.52. The van der Waals surface area contributed by atoms with E-state index in [1.165, 1.54) is 16.8 Å². The van der Waals surface area contributed by atoms with Crippen molar-refractivity contribution in [3.63, 3.8) is 0 Å². The molecule has 0 amide bonds. The van der Waals surface area contributed by atoms with Gasteiger partial charge in [-0.2, -0.15) is 14.9 Å². The summed E-state index contributed by atoms with van der Waals surface area (Å²) in [5.41, 5.74) is 3.51. The third-order valence-electron chi connectivity index (χ3n) is 4.25. The molecule has 3 rings (SSSR count). The van der Waals surface area contributed by atoms with Gasteiger partial charge < -0.3 is 9.72 Å². The molecular formula is C19H20FN5O2S. The Morgan fingerprint density at radius 3 is 2.75 bits per heavy atom. The van der Waals surface area contributed by atoms with E-state index in [2.05, 4.69) is 20.3 Å². The lowest BCUT2D eigenvalue weighted by molar-refractivity contribution is 0.0525. The molecule has 0 atom stereocenters. The van der Waals surface area contributed by atoms with Crippen LogP contribution < -0.4 is 0 Å². The van der Waals surface area contributed by atoms with Gasteiger partial charge in [-0.3, -0.25) is 5.10 Å².